The highest BCUT2D eigenvalue weighted by atomic mass is 79.9. The molecule has 0 unspecified atom stereocenters. The number of hydrogen-bond acceptors (Lipinski definition) is 7. The van der Waals surface area contributed by atoms with Gasteiger partial charge in [-0.1, -0.05) is 61.4 Å². The van der Waals surface area contributed by atoms with Gasteiger partial charge in [-0.25, -0.2) is 0 Å². The van der Waals surface area contributed by atoms with Gasteiger partial charge in [0.15, 0.2) is 0 Å². The van der Waals surface area contributed by atoms with Gasteiger partial charge in [-0.2, -0.15) is 0 Å². The molecule has 0 spiro atoms. The number of H-pyrrole nitrogens is 1. The SMILES string of the molecule is C[C@@H](NC[C@H](O)c1ccc(O)c2[nH]c(=O)ccc12)c1ccc(OCC[N+]23CCC(CC2)[C@@H](OC[C@@](O)(c2ccccc2)C2CCCC2)C3)cc1.[Br-]. The maximum Gasteiger partial charge on any atom is 0.248 e. The second-order valence-corrected chi connectivity index (χ2v) is 15.0. The third-order valence-electron chi connectivity index (χ3n) is 12.0. The number of rotatable bonds is 14. The summed E-state index contributed by atoms with van der Waals surface area (Å²) in [6.07, 6.45) is 6.14. The van der Waals surface area contributed by atoms with Gasteiger partial charge < -0.3 is 56.6 Å². The molecular formula is C41H52BrN3O6. The van der Waals surface area contributed by atoms with Gasteiger partial charge in [0.2, 0.25) is 5.56 Å². The Kier molecular flexibility index (Phi) is 11.9. The molecule has 274 valence electrons. The fraction of sp³-hybridized carbons (Fsp3) is 0.488. The molecule has 4 aliphatic rings. The fourth-order valence-electron chi connectivity index (χ4n) is 8.80. The maximum atomic E-state index is 12.0. The van der Waals surface area contributed by atoms with E-state index in [0.29, 0.717) is 42.1 Å². The number of aromatic amines is 1. The number of aliphatic hydroxyl groups excluding tert-OH is 1. The number of phenols is 1. The molecule has 5 N–H and O–H groups in total. The molecule has 0 amide bonds. The highest BCUT2D eigenvalue weighted by Gasteiger charge is 2.48. The van der Waals surface area contributed by atoms with Crippen LogP contribution in [0.15, 0.2) is 83.7 Å². The topological polar surface area (TPSA) is 124 Å². The fourth-order valence-corrected chi connectivity index (χ4v) is 8.80. The Hall–Kier alpha value is -3.25. The summed E-state index contributed by atoms with van der Waals surface area (Å²) in [5.74, 6) is 1.63. The monoisotopic (exact) mass is 761 g/mol. The van der Waals surface area contributed by atoms with Gasteiger partial charge in [-0.3, -0.25) is 4.79 Å². The van der Waals surface area contributed by atoms with Crippen LogP contribution >= 0.6 is 0 Å². The Bertz CT molecular complexity index is 1790. The van der Waals surface area contributed by atoms with Crippen molar-refractivity contribution in [2.24, 2.45) is 11.8 Å². The summed E-state index contributed by atoms with van der Waals surface area (Å²) in [7, 11) is 0. The van der Waals surface area contributed by atoms with Crippen LogP contribution in [0.3, 0.4) is 0 Å². The molecule has 10 heteroatoms. The van der Waals surface area contributed by atoms with Crippen LogP contribution in [0, 0.1) is 11.8 Å². The smallest absolute Gasteiger partial charge is 0.248 e. The van der Waals surface area contributed by atoms with E-state index in [1.807, 2.05) is 30.3 Å². The molecule has 4 heterocycles. The van der Waals surface area contributed by atoms with E-state index in [0.717, 1.165) is 73.2 Å². The quantitative estimate of drug-likeness (QED) is 0.125. The Labute approximate surface area is 311 Å². The molecule has 3 aliphatic heterocycles. The van der Waals surface area contributed by atoms with Crippen molar-refractivity contribution in [3.8, 4) is 11.5 Å². The lowest BCUT2D eigenvalue weighted by Gasteiger charge is -2.52. The van der Waals surface area contributed by atoms with Crippen LogP contribution in [0.5, 0.6) is 11.5 Å². The summed E-state index contributed by atoms with van der Waals surface area (Å²) in [5, 5.41) is 37.2. The van der Waals surface area contributed by atoms with E-state index < -0.39 is 11.7 Å². The normalized spacial score (nSPS) is 24.1. The van der Waals surface area contributed by atoms with E-state index >= 15 is 0 Å². The lowest BCUT2D eigenvalue weighted by molar-refractivity contribution is -0.946. The molecule has 9 nitrogen and oxygen atoms in total. The number of nitrogens with one attached hydrogen (secondary N) is 2. The molecule has 2 bridgehead atoms. The first-order valence-electron chi connectivity index (χ1n) is 18.5. The van der Waals surface area contributed by atoms with Gasteiger partial charge in [0.05, 0.1) is 31.3 Å². The van der Waals surface area contributed by atoms with Crippen LogP contribution in [0.25, 0.3) is 10.9 Å². The van der Waals surface area contributed by atoms with Gasteiger partial charge in [-0.15, -0.1) is 0 Å². The Morgan fingerprint density at radius 2 is 1.69 bits per heavy atom. The number of quaternary nitrogens is 1. The standard InChI is InChI=1S/C41H51N3O6.BrH/c1-28(42-25-37(46)34-15-17-36(45)40-35(34)16-18-39(47)43-40)29-11-13-33(14-12-29)49-24-23-44-21-19-30(20-22-44)38(26-44)50-27-41(48,32-9-5-6-10-32)31-7-3-2-4-8-31;/h2-4,7-8,11-18,28,30,32,37-38,42,46,48H,5-6,9-10,19-27H2,1H3,(H-,43,45,47);1H/t28-,30?,37+,38+,41-,44?;/m1./s1. The third-order valence-corrected chi connectivity index (χ3v) is 12.0. The molecule has 1 aliphatic carbocycles. The Morgan fingerprint density at radius 1 is 0.961 bits per heavy atom. The summed E-state index contributed by atoms with van der Waals surface area (Å²) in [6, 6.07) is 24.5. The summed E-state index contributed by atoms with van der Waals surface area (Å²) in [6.45, 7) is 7.60. The predicted octanol–water partition coefficient (Wildman–Crippen LogP) is 2.70. The minimum absolute atomic E-state index is 0. The average Bonchev–Trinajstić information content (AvgIpc) is 3.70. The molecule has 4 fully saturated rings. The molecule has 3 aromatic carbocycles. The zero-order valence-electron chi connectivity index (χ0n) is 29.5. The largest absolute Gasteiger partial charge is 1.00 e. The van der Waals surface area contributed by atoms with Crippen LogP contribution in [0.1, 0.15) is 74.3 Å². The predicted molar refractivity (Wildman–Crippen MR) is 194 cm³/mol. The molecule has 4 atom stereocenters. The average molecular weight is 763 g/mol. The first-order chi connectivity index (χ1) is 24.2. The first-order valence-corrected chi connectivity index (χ1v) is 18.5. The zero-order valence-corrected chi connectivity index (χ0v) is 31.1. The van der Waals surface area contributed by atoms with Crippen molar-refractivity contribution < 1.29 is 46.3 Å². The van der Waals surface area contributed by atoms with Gasteiger partial charge >= 0.3 is 0 Å². The minimum Gasteiger partial charge on any atom is -1.00 e. The van der Waals surface area contributed by atoms with Crippen molar-refractivity contribution in [3.05, 3.63) is 106 Å². The number of ether oxygens (including phenoxy) is 2. The summed E-state index contributed by atoms with van der Waals surface area (Å²) < 4.78 is 14.0. The maximum absolute atomic E-state index is 12.0. The van der Waals surface area contributed by atoms with Crippen molar-refractivity contribution in [2.45, 2.75) is 69.3 Å². The molecular weight excluding hydrogens is 710 g/mol. The van der Waals surface area contributed by atoms with E-state index in [2.05, 4.69) is 41.5 Å². The summed E-state index contributed by atoms with van der Waals surface area (Å²) >= 11 is 0. The van der Waals surface area contributed by atoms with Gasteiger partial charge in [-0.05, 0) is 66.6 Å². The Morgan fingerprint density at radius 3 is 2.41 bits per heavy atom. The lowest BCUT2D eigenvalue weighted by atomic mass is 9.80. The van der Waals surface area contributed by atoms with Crippen LogP contribution in [-0.4, -0.2) is 76.8 Å². The molecule has 1 saturated carbocycles. The van der Waals surface area contributed by atoms with E-state index in [1.54, 1.807) is 12.1 Å². The third kappa shape index (κ3) is 8.22. The summed E-state index contributed by atoms with van der Waals surface area (Å²) in [4.78, 5) is 14.4. The number of piperidine rings is 3. The summed E-state index contributed by atoms with van der Waals surface area (Å²) in [5.41, 5.74) is 1.80. The van der Waals surface area contributed by atoms with Crippen molar-refractivity contribution in [3.63, 3.8) is 0 Å². The number of halogens is 1. The second kappa shape index (κ2) is 16.2. The molecule has 1 aromatic heterocycles. The van der Waals surface area contributed by atoms with Gasteiger partial charge in [0.1, 0.15) is 42.9 Å². The number of fused-ring (bicyclic) bond motifs is 4. The number of phenolic OH excluding ortho intramolecular Hbond substituents is 1. The van der Waals surface area contributed by atoms with Crippen LogP contribution < -0.4 is 32.6 Å². The van der Waals surface area contributed by atoms with Crippen molar-refractivity contribution in [1.82, 2.24) is 10.3 Å². The number of aliphatic hydroxyl groups is 2. The van der Waals surface area contributed by atoms with Gasteiger partial charge in [0.25, 0.3) is 0 Å². The van der Waals surface area contributed by atoms with Crippen molar-refractivity contribution >= 4 is 10.9 Å². The van der Waals surface area contributed by atoms with Crippen LogP contribution in [0.2, 0.25) is 0 Å². The van der Waals surface area contributed by atoms with Crippen LogP contribution in [-0.2, 0) is 10.3 Å². The zero-order chi connectivity index (χ0) is 34.7. The lowest BCUT2D eigenvalue weighted by Crippen LogP contribution is -3.00. The van der Waals surface area contributed by atoms with E-state index in [9.17, 15) is 20.1 Å². The highest BCUT2D eigenvalue weighted by Crippen LogP contribution is 2.42. The Balaban J connectivity index is 0.00000448. The molecule has 8 rings (SSSR count). The number of hydrogen-bond donors (Lipinski definition) is 5. The number of benzene rings is 3. The number of nitrogens with zero attached hydrogens (tertiary/aromatic N) is 1. The molecule has 3 saturated heterocycles. The minimum atomic E-state index is -0.930. The number of pyridine rings is 1. The van der Waals surface area contributed by atoms with Gasteiger partial charge in [0, 0.05) is 42.8 Å². The van der Waals surface area contributed by atoms with E-state index in [1.165, 1.54) is 25.0 Å². The second-order valence-electron chi connectivity index (χ2n) is 15.0. The number of aromatic nitrogens is 1. The van der Waals surface area contributed by atoms with E-state index in [-0.39, 0.29) is 46.4 Å². The van der Waals surface area contributed by atoms with E-state index in [4.69, 9.17) is 9.47 Å². The first kappa shape index (κ1) is 37.5. The van der Waals surface area contributed by atoms with Crippen molar-refractivity contribution in [2.75, 3.05) is 45.9 Å². The highest BCUT2D eigenvalue weighted by molar-refractivity contribution is 5.87. The van der Waals surface area contributed by atoms with Crippen LogP contribution in [0.4, 0.5) is 0 Å². The molecule has 0 radical (unpaired) electrons. The van der Waals surface area contributed by atoms with Crippen molar-refractivity contribution in [1.29, 1.82) is 0 Å². The molecule has 4 aromatic rings. The number of aromatic hydroxyl groups is 1. The molecule has 51 heavy (non-hydrogen) atoms.